The summed E-state index contributed by atoms with van der Waals surface area (Å²) >= 11 is 0. The molecule has 1 fully saturated rings. The molecule has 0 spiro atoms. The minimum absolute atomic E-state index is 0.119. The van der Waals surface area contributed by atoms with Crippen LogP contribution >= 0.6 is 0 Å². The number of aliphatic imine (C=N–C) groups is 1. The lowest BCUT2D eigenvalue weighted by molar-refractivity contribution is -0.128. The van der Waals surface area contributed by atoms with Gasteiger partial charge in [-0.1, -0.05) is 12.1 Å². The number of guanidine groups is 1. The van der Waals surface area contributed by atoms with Crippen LogP contribution in [0, 0.1) is 0 Å². The van der Waals surface area contributed by atoms with Crippen molar-refractivity contribution in [1.82, 2.24) is 15.5 Å². The number of amides is 1. The van der Waals surface area contributed by atoms with Crippen LogP contribution in [-0.2, 0) is 17.6 Å². The normalized spacial score (nSPS) is 16.5. The maximum Gasteiger partial charge on any atom is 0.244 e. The molecule has 136 valence electrons. The van der Waals surface area contributed by atoms with Gasteiger partial charge in [0.1, 0.15) is 12.3 Å². The van der Waals surface area contributed by atoms with Crippen LogP contribution in [0.2, 0.25) is 0 Å². The minimum atomic E-state index is 0.119. The van der Waals surface area contributed by atoms with Crippen LogP contribution in [0.25, 0.3) is 0 Å². The molecule has 0 aliphatic carbocycles. The van der Waals surface area contributed by atoms with Crippen LogP contribution in [0.4, 0.5) is 0 Å². The molecule has 0 radical (unpaired) electrons. The van der Waals surface area contributed by atoms with Crippen LogP contribution in [0.3, 0.4) is 0 Å². The predicted molar refractivity (Wildman–Crippen MR) is 99.1 cm³/mol. The molecular weight excluding hydrogens is 316 g/mol. The molecule has 0 bridgehead atoms. The summed E-state index contributed by atoms with van der Waals surface area (Å²) in [6.45, 7) is 6.34. The van der Waals surface area contributed by atoms with Gasteiger partial charge in [0.05, 0.1) is 6.61 Å². The smallest absolute Gasteiger partial charge is 0.244 e. The van der Waals surface area contributed by atoms with Crippen molar-refractivity contribution < 1.29 is 9.53 Å². The van der Waals surface area contributed by atoms with Gasteiger partial charge in [0, 0.05) is 32.6 Å². The Morgan fingerprint density at radius 2 is 2.12 bits per heavy atom. The molecule has 0 aromatic heterocycles. The minimum Gasteiger partial charge on any atom is -0.493 e. The van der Waals surface area contributed by atoms with Gasteiger partial charge < -0.3 is 20.3 Å². The number of fused-ring (bicyclic) bond motifs is 1. The van der Waals surface area contributed by atoms with Crippen LogP contribution in [0.5, 0.6) is 5.75 Å². The van der Waals surface area contributed by atoms with E-state index in [2.05, 4.69) is 33.8 Å². The third kappa shape index (κ3) is 4.87. The fourth-order valence-corrected chi connectivity index (χ4v) is 3.28. The molecule has 0 unspecified atom stereocenters. The summed E-state index contributed by atoms with van der Waals surface area (Å²) in [6, 6.07) is 6.41. The lowest BCUT2D eigenvalue weighted by Crippen LogP contribution is -2.39. The highest BCUT2D eigenvalue weighted by molar-refractivity contribution is 5.85. The van der Waals surface area contributed by atoms with Gasteiger partial charge in [0.15, 0.2) is 5.96 Å². The first-order chi connectivity index (χ1) is 12.3. The second kappa shape index (κ2) is 8.74. The van der Waals surface area contributed by atoms with Crippen molar-refractivity contribution in [2.75, 3.05) is 39.3 Å². The molecule has 25 heavy (non-hydrogen) atoms. The molecule has 2 aliphatic heterocycles. The molecule has 3 rings (SSSR count). The van der Waals surface area contributed by atoms with Crippen molar-refractivity contribution in [2.24, 2.45) is 4.99 Å². The second-order valence-electron chi connectivity index (χ2n) is 6.50. The molecule has 1 amide bonds. The molecule has 6 nitrogen and oxygen atoms in total. The summed E-state index contributed by atoms with van der Waals surface area (Å²) in [5.41, 5.74) is 2.59. The number of hydrogen-bond acceptors (Lipinski definition) is 3. The molecule has 1 aromatic carbocycles. The number of benzene rings is 1. The topological polar surface area (TPSA) is 66.0 Å². The molecule has 1 aromatic rings. The molecule has 2 N–H and O–H groups in total. The van der Waals surface area contributed by atoms with E-state index in [0.29, 0.717) is 5.96 Å². The molecule has 2 aliphatic rings. The summed E-state index contributed by atoms with van der Waals surface area (Å²) < 4.78 is 5.54. The zero-order valence-electron chi connectivity index (χ0n) is 15.0. The molecular formula is C19H28N4O2. The van der Waals surface area contributed by atoms with E-state index in [1.165, 1.54) is 11.1 Å². The molecule has 1 saturated heterocycles. The SMILES string of the molecule is CCNC(=NCC(=O)N1CCCC1)NCCc1ccc2c(c1)CCO2. The lowest BCUT2D eigenvalue weighted by Gasteiger charge is -2.15. The predicted octanol–water partition coefficient (Wildman–Crippen LogP) is 1.34. The number of ether oxygens (including phenoxy) is 1. The molecule has 2 heterocycles. The van der Waals surface area contributed by atoms with Crippen LogP contribution in [0.15, 0.2) is 23.2 Å². The zero-order chi connectivity index (χ0) is 17.5. The van der Waals surface area contributed by atoms with Gasteiger partial charge >= 0.3 is 0 Å². The number of likely N-dealkylation sites (tertiary alicyclic amines) is 1. The lowest BCUT2D eigenvalue weighted by atomic mass is 10.1. The van der Waals surface area contributed by atoms with Crippen molar-refractivity contribution >= 4 is 11.9 Å². The first-order valence-electron chi connectivity index (χ1n) is 9.31. The van der Waals surface area contributed by atoms with Gasteiger partial charge in [-0.3, -0.25) is 4.79 Å². The Balaban J connectivity index is 1.47. The van der Waals surface area contributed by atoms with E-state index in [1.807, 2.05) is 11.8 Å². The Labute approximate surface area is 149 Å². The number of carbonyl (C=O) groups is 1. The summed E-state index contributed by atoms with van der Waals surface area (Å²) in [6.07, 6.45) is 4.14. The summed E-state index contributed by atoms with van der Waals surface area (Å²) in [5.74, 6) is 1.85. The molecule has 6 heteroatoms. The van der Waals surface area contributed by atoms with Crippen molar-refractivity contribution in [3.63, 3.8) is 0 Å². The van der Waals surface area contributed by atoms with Gasteiger partial charge in [-0.15, -0.1) is 0 Å². The number of nitrogens with zero attached hydrogens (tertiary/aromatic N) is 2. The van der Waals surface area contributed by atoms with Crippen LogP contribution < -0.4 is 15.4 Å². The van der Waals surface area contributed by atoms with E-state index < -0.39 is 0 Å². The van der Waals surface area contributed by atoms with Gasteiger partial charge in [-0.2, -0.15) is 0 Å². The zero-order valence-corrected chi connectivity index (χ0v) is 15.0. The highest BCUT2D eigenvalue weighted by Crippen LogP contribution is 2.25. The number of hydrogen-bond donors (Lipinski definition) is 2. The monoisotopic (exact) mass is 344 g/mol. The van der Waals surface area contributed by atoms with Gasteiger partial charge in [0.25, 0.3) is 0 Å². The summed E-state index contributed by atoms with van der Waals surface area (Å²) in [5, 5.41) is 6.52. The largest absolute Gasteiger partial charge is 0.493 e. The third-order valence-corrected chi connectivity index (χ3v) is 4.64. The van der Waals surface area contributed by atoms with Gasteiger partial charge in [-0.05, 0) is 43.4 Å². The fourth-order valence-electron chi connectivity index (χ4n) is 3.28. The Morgan fingerprint density at radius 1 is 1.28 bits per heavy atom. The van der Waals surface area contributed by atoms with E-state index >= 15 is 0 Å². The Hall–Kier alpha value is -2.24. The van der Waals surface area contributed by atoms with Crippen molar-refractivity contribution in [2.45, 2.75) is 32.6 Å². The molecule has 0 saturated carbocycles. The maximum absolute atomic E-state index is 12.1. The van der Waals surface area contributed by atoms with E-state index in [1.54, 1.807) is 0 Å². The van der Waals surface area contributed by atoms with Crippen molar-refractivity contribution in [3.05, 3.63) is 29.3 Å². The highest BCUT2D eigenvalue weighted by Gasteiger charge is 2.17. The number of carbonyl (C=O) groups excluding carboxylic acids is 1. The van der Waals surface area contributed by atoms with Crippen molar-refractivity contribution in [1.29, 1.82) is 0 Å². The third-order valence-electron chi connectivity index (χ3n) is 4.64. The van der Waals surface area contributed by atoms with Crippen molar-refractivity contribution in [3.8, 4) is 5.75 Å². The number of rotatable bonds is 6. The Morgan fingerprint density at radius 3 is 2.92 bits per heavy atom. The van der Waals surface area contributed by atoms with Gasteiger partial charge in [-0.25, -0.2) is 4.99 Å². The first-order valence-corrected chi connectivity index (χ1v) is 9.31. The van der Waals surface area contributed by atoms with E-state index in [9.17, 15) is 4.79 Å². The Kier molecular flexibility index (Phi) is 6.14. The first kappa shape index (κ1) is 17.6. The second-order valence-corrected chi connectivity index (χ2v) is 6.50. The van der Waals surface area contributed by atoms with E-state index in [-0.39, 0.29) is 12.5 Å². The van der Waals surface area contributed by atoms with E-state index in [4.69, 9.17) is 4.74 Å². The van der Waals surface area contributed by atoms with Crippen LogP contribution in [0.1, 0.15) is 30.9 Å². The summed E-state index contributed by atoms with van der Waals surface area (Å²) in [4.78, 5) is 18.4. The quantitative estimate of drug-likeness (QED) is 0.604. The van der Waals surface area contributed by atoms with Gasteiger partial charge in [0.2, 0.25) is 5.91 Å². The standard InChI is InChI=1S/C19H28N4O2/c1-2-20-19(22-14-18(24)23-10-3-4-11-23)21-9-7-15-5-6-17-16(13-15)8-12-25-17/h5-6,13H,2-4,7-12,14H2,1H3,(H2,20,21,22). The molecule has 0 atom stereocenters. The summed E-state index contributed by atoms with van der Waals surface area (Å²) in [7, 11) is 0. The highest BCUT2D eigenvalue weighted by atomic mass is 16.5. The fraction of sp³-hybridized carbons (Fsp3) is 0.579. The Bertz CT molecular complexity index is 624. The number of nitrogens with one attached hydrogen (secondary N) is 2. The maximum atomic E-state index is 12.1. The average molecular weight is 344 g/mol. The van der Waals surface area contributed by atoms with Crippen LogP contribution in [-0.4, -0.2) is 56.1 Å². The van der Waals surface area contributed by atoms with E-state index in [0.717, 1.165) is 64.2 Å². The average Bonchev–Trinajstić information content (AvgIpc) is 3.30.